The highest BCUT2D eigenvalue weighted by molar-refractivity contribution is 4.82. The number of aliphatic hydroxyl groups excluding tert-OH is 1. The van der Waals surface area contributed by atoms with Gasteiger partial charge >= 0.3 is 0 Å². The van der Waals surface area contributed by atoms with E-state index in [1.807, 2.05) is 4.68 Å². The summed E-state index contributed by atoms with van der Waals surface area (Å²) in [6, 6.07) is 0. The van der Waals surface area contributed by atoms with Gasteiger partial charge in [0, 0.05) is 6.54 Å². The van der Waals surface area contributed by atoms with E-state index >= 15 is 0 Å². The van der Waals surface area contributed by atoms with E-state index in [0.29, 0.717) is 5.82 Å². The van der Waals surface area contributed by atoms with Gasteiger partial charge in [0.15, 0.2) is 5.82 Å². The van der Waals surface area contributed by atoms with Crippen LogP contribution in [0.1, 0.15) is 31.5 Å². The smallest absolute Gasteiger partial charge is 0.152 e. The van der Waals surface area contributed by atoms with Gasteiger partial charge in [-0.2, -0.15) is 5.10 Å². The lowest BCUT2D eigenvalue weighted by Gasteiger charge is -2.09. The minimum Gasteiger partial charge on any atom is -0.388 e. The van der Waals surface area contributed by atoms with Gasteiger partial charge in [-0.1, -0.05) is 12.8 Å². The number of hydrogen-bond donors (Lipinski definition) is 1. The van der Waals surface area contributed by atoms with E-state index in [1.165, 1.54) is 32.0 Å². The first-order valence-electron chi connectivity index (χ1n) is 4.87. The maximum atomic E-state index is 8.96. The van der Waals surface area contributed by atoms with Crippen LogP contribution in [0.5, 0.6) is 0 Å². The molecule has 72 valence electrons. The van der Waals surface area contributed by atoms with Gasteiger partial charge < -0.3 is 5.11 Å². The van der Waals surface area contributed by atoms with Gasteiger partial charge in [0.1, 0.15) is 12.9 Å². The van der Waals surface area contributed by atoms with Gasteiger partial charge in [-0.25, -0.2) is 9.67 Å². The van der Waals surface area contributed by atoms with Crippen LogP contribution in [0, 0.1) is 5.92 Å². The zero-order valence-electron chi connectivity index (χ0n) is 7.69. The van der Waals surface area contributed by atoms with Crippen molar-refractivity contribution in [3.05, 3.63) is 12.2 Å². The maximum absolute atomic E-state index is 8.96. The Morgan fingerprint density at radius 1 is 1.46 bits per heavy atom. The summed E-state index contributed by atoms with van der Waals surface area (Å²) in [5.41, 5.74) is 0. The van der Waals surface area contributed by atoms with Gasteiger partial charge in [-0.15, -0.1) is 0 Å². The summed E-state index contributed by atoms with van der Waals surface area (Å²) in [5, 5.41) is 13.1. The first kappa shape index (κ1) is 8.69. The first-order chi connectivity index (χ1) is 6.40. The zero-order valence-corrected chi connectivity index (χ0v) is 7.69. The average Bonchev–Trinajstić information content (AvgIpc) is 2.76. The molecule has 0 amide bonds. The minimum absolute atomic E-state index is 0.00722. The van der Waals surface area contributed by atoms with Crippen LogP contribution in [0.4, 0.5) is 0 Å². The molecular weight excluding hydrogens is 166 g/mol. The Morgan fingerprint density at radius 3 is 2.92 bits per heavy atom. The van der Waals surface area contributed by atoms with E-state index in [0.717, 1.165) is 12.5 Å². The molecule has 4 heteroatoms. The van der Waals surface area contributed by atoms with Crippen molar-refractivity contribution in [3.63, 3.8) is 0 Å². The molecule has 1 heterocycles. The van der Waals surface area contributed by atoms with Crippen LogP contribution in [0.2, 0.25) is 0 Å². The lowest BCUT2D eigenvalue weighted by atomic mass is 10.1. The molecule has 1 aromatic rings. The van der Waals surface area contributed by atoms with Crippen molar-refractivity contribution in [2.45, 2.75) is 38.8 Å². The molecule has 1 saturated carbocycles. The highest BCUT2D eigenvalue weighted by atomic mass is 16.3. The van der Waals surface area contributed by atoms with Crippen LogP contribution in [-0.4, -0.2) is 19.9 Å². The predicted molar refractivity (Wildman–Crippen MR) is 47.9 cm³/mol. The van der Waals surface area contributed by atoms with Crippen LogP contribution in [0.3, 0.4) is 0 Å². The Bertz CT molecular complexity index is 266. The molecule has 1 fully saturated rings. The lowest BCUT2D eigenvalue weighted by molar-refractivity contribution is 0.257. The molecule has 0 aliphatic heterocycles. The molecule has 0 bridgehead atoms. The summed E-state index contributed by atoms with van der Waals surface area (Å²) in [4.78, 5) is 3.98. The van der Waals surface area contributed by atoms with Gasteiger partial charge in [-0.05, 0) is 18.8 Å². The fraction of sp³-hybridized carbons (Fsp3) is 0.778. The second-order valence-electron chi connectivity index (χ2n) is 3.67. The van der Waals surface area contributed by atoms with Crippen molar-refractivity contribution in [2.75, 3.05) is 0 Å². The van der Waals surface area contributed by atoms with Crippen molar-refractivity contribution in [3.8, 4) is 0 Å². The predicted octanol–water partition coefficient (Wildman–Crippen LogP) is 0.961. The lowest BCUT2D eigenvalue weighted by Crippen LogP contribution is -2.12. The molecule has 2 rings (SSSR count). The standard InChI is InChI=1S/C9H15N3O/c13-6-9-10-7-11-12(9)5-8-3-1-2-4-8/h7-8,13H,1-6H2. The fourth-order valence-corrected chi connectivity index (χ4v) is 2.00. The van der Waals surface area contributed by atoms with Gasteiger partial charge in [0.25, 0.3) is 0 Å². The maximum Gasteiger partial charge on any atom is 0.152 e. The van der Waals surface area contributed by atoms with E-state index in [9.17, 15) is 0 Å². The molecule has 0 saturated heterocycles. The van der Waals surface area contributed by atoms with Crippen LogP contribution >= 0.6 is 0 Å². The second-order valence-corrected chi connectivity index (χ2v) is 3.67. The molecule has 0 radical (unpaired) electrons. The molecule has 0 atom stereocenters. The van der Waals surface area contributed by atoms with E-state index in [1.54, 1.807) is 0 Å². The SMILES string of the molecule is OCc1ncnn1CC1CCCC1. The largest absolute Gasteiger partial charge is 0.388 e. The molecule has 4 nitrogen and oxygen atoms in total. The zero-order chi connectivity index (χ0) is 9.10. The van der Waals surface area contributed by atoms with Crippen molar-refractivity contribution in [1.82, 2.24) is 14.8 Å². The monoisotopic (exact) mass is 181 g/mol. The third-order valence-electron chi connectivity index (χ3n) is 2.74. The molecule has 0 spiro atoms. The second kappa shape index (κ2) is 3.87. The molecule has 1 aliphatic rings. The molecule has 1 N–H and O–H groups in total. The average molecular weight is 181 g/mol. The van der Waals surface area contributed by atoms with Crippen molar-refractivity contribution < 1.29 is 5.11 Å². The normalized spacial score (nSPS) is 18.2. The van der Waals surface area contributed by atoms with E-state index < -0.39 is 0 Å². The van der Waals surface area contributed by atoms with Gasteiger partial charge in [0.05, 0.1) is 0 Å². The van der Waals surface area contributed by atoms with Gasteiger partial charge in [-0.3, -0.25) is 0 Å². The van der Waals surface area contributed by atoms with Crippen LogP contribution in [0.25, 0.3) is 0 Å². The molecule has 13 heavy (non-hydrogen) atoms. The van der Waals surface area contributed by atoms with Crippen LogP contribution < -0.4 is 0 Å². The Hall–Kier alpha value is -0.900. The summed E-state index contributed by atoms with van der Waals surface area (Å²) in [6.45, 7) is 0.919. The first-order valence-corrected chi connectivity index (χ1v) is 4.87. The number of rotatable bonds is 3. The van der Waals surface area contributed by atoms with Crippen molar-refractivity contribution in [1.29, 1.82) is 0 Å². The summed E-state index contributed by atoms with van der Waals surface area (Å²) >= 11 is 0. The molecular formula is C9H15N3O. The Morgan fingerprint density at radius 2 is 2.23 bits per heavy atom. The summed E-state index contributed by atoms with van der Waals surface area (Å²) in [5.74, 6) is 1.43. The van der Waals surface area contributed by atoms with Crippen LogP contribution in [0.15, 0.2) is 6.33 Å². The number of hydrogen-bond acceptors (Lipinski definition) is 3. The molecule has 1 aliphatic carbocycles. The minimum atomic E-state index is -0.00722. The van der Waals surface area contributed by atoms with Crippen molar-refractivity contribution >= 4 is 0 Å². The highest BCUT2D eigenvalue weighted by Crippen LogP contribution is 2.25. The number of nitrogens with zero attached hydrogens (tertiary/aromatic N) is 3. The van der Waals surface area contributed by atoms with E-state index in [-0.39, 0.29) is 6.61 Å². The third kappa shape index (κ3) is 1.88. The van der Waals surface area contributed by atoms with Gasteiger partial charge in [0.2, 0.25) is 0 Å². The topological polar surface area (TPSA) is 50.9 Å². The number of aromatic nitrogens is 3. The number of aliphatic hydroxyl groups is 1. The van der Waals surface area contributed by atoms with E-state index in [4.69, 9.17) is 5.11 Å². The fourth-order valence-electron chi connectivity index (χ4n) is 2.00. The quantitative estimate of drug-likeness (QED) is 0.755. The summed E-state index contributed by atoms with van der Waals surface area (Å²) in [6.07, 6.45) is 6.79. The van der Waals surface area contributed by atoms with Crippen molar-refractivity contribution in [2.24, 2.45) is 5.92 Å². The molecule has 0 unspecified atom stereocenters. The van der Waals surface area contributed by atoms with Crippen LogP contribution in [-0.2, 0) is 13.2 Å². The Kier molecular flexibility index (Phi) is 2.59. The third-order valence-corrected chi connectivity index (χ3v) is 2.74. The highest BCUT2D eigenvalue weighted by Gasteiger charge is 2.16. The Balaban J connectivity index is 1.99. The summed E-state index contributed by atoms with van der Waals surface area (Å²) < 4.78 is 1.83. The Labute approximate surface area is 77.6 Å². The summed E-state index contributed by atoms with van der Waals surface area (Å²) in [7, 11) is 0. The molecule has 0 aromatic carbocycles. The molecule has 1 aromatic heterocycles. The van der Waals surface area contributed by atoms with E-state index in [2.05, 4.69) is 10.1 Å².